The van der Waals surface area contributed by atoms with Gasteiger partial charge in [0.05, 0.1) is 0 Å². The fourth-order valence-electron chi connectivity index (χ4n) is 2.73. The molecule has 2 saturated carbocycles. The Balaban J connectivity index is 2.05. The number of carbonyl (C=O) groups is 1. The van der Waals surface area contributed by atoms with E-state index in [1.165, 1.54) is 12.8 Å². The maximum Gasteiger partial charge on any atom is 0.139 e. The van der Waals surface area contributed by atoms with Gasteiger partial charge in [-0.25, -0.2) is 0 Å². The van der Waals surface area contributed by atoms with Crippen LogP contribution in [0.15, 0.2) is 0 Å². The Bertz CT molecular complexity index is 178. The molecule has 2 fully saturated rings. The minimum atomic E-state index is 0.346. The molecule has 0 aromatic rings. The summed E-state index contributed by atoms with van der Waals surface area (Å²) in [7, 11) is 0. The number of Topliss-reactive ketones (excluding diaryl/α,β-unsaturated/α-hetero) is 1. The standard InChI is InChI=1S/C9H15NO/c10-4-3-8-6-1-2-7(5-6)9(8)11/h6-8H,1-5,10H2. The second kappa shape index (κ2) is 2.59. The van der Waals surface area contributed by atoms with E-state index in [1.54, 1.807) is 0 Å². The molecular weight excluding hydrogens is 138 g/mol. The van der Waals surface area contributed by atoms with Crippen molar-refractivity contribution in [1.82, 2.24) is 0 Å². The predicted molar refractivity (Wildman–Crippen MR) is 43.0 cm³/mol. The highest BCUT2D eigenvalue weighted by molar-refractivity contribution is 5.86. The van der Waals surface area contributed by atoms with Crippen molar-refractivity contribution in [2.24, 2.45) is 23.5 Å². The number of fused-ring (bicyclic) bond motifs is 2. The summed E-state index contributed by atoms with van der Waals surface area (Å²) >= 11 is 0. The fraction of sp³-hybridized carbons (Fsp3) is 0.889. The first-order valence-electron chi connectivity index (χ1n) is 4.56. The van der Waals surface area contributed by atoms with Crippen LogP contribution in [0.25, 0.3) is 0 Å². The van der Waals surface area contributed by atoms with Gasteiger partial charge in [0.1, 0.15) is 5.78 Å². The number of hydrogen-bond acceptors (Lipinski definition) is 2. The van der Waals surface area contributed by atoms with Crippen molar-refractivity contribution in [2.45, 2.75) is 25.7 Å². The van der Waals surface area contributed by atoms with Crippen molar-refractivity contribution in [3.05, 3.63) is 0 Å². The van der Waals surface area contributed by atoms with E-state index in [-0.39, 0.29) is 0 Å². The van der Waals surface area contributed by atoms with Crippen LogP contribution >= 0.6 is 0 Å². The van der Waals surface area contributed by atoms with Crippen molar-refractivity contribution < 1.29 is 4.79 Å². The molecular formula is C9H15NO. The van der Waals surface area contributed by atoms with Gasteiger partial charge in [0.2, 0.25) is 0 Å². The van der Waals surface area contributed by atoms with E-state index in [0.29, 0.717) is 30.1 Å². The van der Waals surface area contributed by atoms with Gasteiger partial charge in [0.15, 0.2) is 0 Å². The van der Waals surface area contributed by atoms with Crippen LogP contribution in [0, 0.1) is 17.8 Å². The summed E-state index contributed by atoms with van der Waals surface area (Å²) in [6.45, 7) is 0.680. The lowest BCUT2D eigenvalue weighted by Crippen LogP contribution is -2.24. The molecule has 0 aromatic carbocycles. The lowest BCUT2D eigenvalue weighted by atomic mass is 9.85. The summed E-state index contributed by atoms with van der Waals surface area (Å²) in [5, 5.41) is 0. The molecule has 2 aliphatic rings. The van der Waals surface area contributed by atoms with Crippen LogP contribution in [-0.4, -0.2) is 12.3 Å². The van der Waals surface area contributed by atoms with E-state index >= 15 is 0 Å². The molecule has 2 nitrogen and oxygen atoms in total. The van der Waals surface area contributed by atoms with E-state index in [4.69, 9.17) is 5.73 Å². The molecule has 2 bridgehead atoms. The summed E-state index contributed by atoms with van der Waals surface area (Å²) in [5.41, 5.74) is 5.45. The highest BCUT2D eigenvalue weighted by Crippen LogP contribution is 2.46. The summed E-state index contributed by atoms with van der Waals surface area (Å²) in [6, 6.07) is 0. The van der Waals surface area contributed by atoms with Gasteiger partial charge in [-0.2, -0.15) is 0 Å². The largest absolute Gasteiger partial charge is 0.330 e. The number of carbonyl (C=O) groups excluding carboxylic acids is 1. The molecule has 3 unspecified atom stereocenters. The molecule has 0 spiro atoms. The Morgan fingerprint density at radius 2 is 2.27 bits per heavy atom. The predicted octanol–water partition coefficient (Wildman–Crippen LogP) is 0.950. The Hall–Kier alpha value is -0.370. The van der Waals surface area contributed by atoms with Crippen LogP contribution < -0.4 is 5.73 Å². The second-order valence-corrected chi connectivity index (χ2v) is 3.86. The average Bonchev–Trinajstić information content (AvgIpc) is 2.54. The van der Waals surface area contributed by atoms with Gasteiger partial charge in [-0.05, 0) is 38.1 Å². The van der Waals surface area contributed by atoms with E-state index < -0.39 is 0 Å². The fourth-order valence-corrected chi connectivity index (χ4v) is 2.73. The maximum absolute atomic E-state index is 11.5. The lowest BCUT2D eigenvalue weighted by molar-refractivity contribution is -0.125. The summed E-state index contributed by atoms with van der Waals surface area (Å²) in [6.07, 6.45) is 4.54. The van der Waals surface area contributed by atoms with Crippen molar-refractivity contribution >= 4 is 5.78 Å². The molecule has 0 aliphatic heterocycles. The molecule has 0 amide bonds. The zero-order valence-electron chi connectivity index (χ0n) is 6.75. The monoisotopic (exact) mass is 153 g/mol. The molecule has 11 heavy (non-hydrogen) atoms. The Morgan fingerprint density at radius 1 is 1.45 bits per heavy atom. The number of rotatable bonds is 2. The van der Waals surface area contributed by atoms with Gasteiger partial charge in [-0.15, -0.1) is 0 Å². The van der Waals surface area contributed by atoms with Crippen LogP contribution in [0.2, 0.25) is 0 Å². The van der Waals surface area contributed by atoms with Crippen molar-refractivity contribution in [2.75, 3.05) is 6.54 Å². The van der Waals surface area contributed by atoms with Crippen LogP contribution in [0.5, 0.6) is 0 Å². The van der Waals surface area contributed by atoms with Gasteiger partial charge in [-0.1, -0.05) is 0 Å². The van der Waals surface area contributed by atoms with Crippen LogP contribution in [0.3, 0.4) is 0 Å². The smallest absolute Gasteiger partial charge is 0.139 e. The quantitative estimate of drug-likeness (QED) is 0.642. The van der Waals surface area contributed by atoms with E-state index in [0.717, 1.165) is 12.8 Å². The van der Waals surface area contributed by atoms with Gasteiger partial charge in [-0.3, -0.25) is 4.79 Å². The maximum atomic E-state index is 11.5. The Labute approximate surface area is 67.1 Å². The van der Waals surface area contributed by atoms with E-state index in [9.17, 15) is 4.79 Å². The van der Waals surface area contributed by atoms with Crippen molar-refractivity contribution in [3.63, 3.8) is 0 Å². The molecule has 2 rings (SSSR count). The minimum Gasteiger partial charge on any atom is -0.330 e. The topological polar surface area (TPSA) is 43.1 Å². The zero-order valence-corrected chi connectivity index (χ0v) is 6.75. The zero-order chi connectivity index (χ0) is 7.84. The molecule has 2 N–H and O–H groups in total. The summed E-state index contributed by atoms with van der Waals surface area (Å²) in [4.78, 5) is 11.5. The number of hydrogen-bond donors (Lipinski definition) is 1. The molecule has 3 atom stereocenters. The molecule has 0 saturated heterocycles. The Kier molecular flexibility index (Phi) is 1.72. The normalized spacial score (nSPS) is 41.9. The number of ketones is 1. The first-order valence-corrected chi connectivity index (χ1v) is 4.56. The SMILES string of the molecule is NCCC1C(=O)C2CCC1C2. The summed E-state index contributed by atoms with van der Waals surface area (Å²) in [5.74, 6) is 2.00. The van der Waals surface area contributed by atoms with Gasteiger partial charge in [0.25, 0.3) is 0 Å². The first-order chi connectivity index (χ1) is 5.33. The highest BCUT2D eigenvalue weighted by Gasteiger charge is 2.45. The second-order valence-electron chi connectivity index (χ2n) is 3.86. The molecule has 62 valence electrons. The molecule has 2 aliphatic carbocycles. The molecule has 2 heteroatoms. The van der Waals surface area contributed by atoms with Crippen molar-refractivity contribution in [3.8, 4) is 0 Å². The highest BCUT2D eigenvalue weighted by atomic mass is 16.1. The third-order valence-corrected chi connectivity index (χ3v) is 3.29. The number of nitrogens with two attached hydrogens (primary N) is 1. The average molecular weight is 153 g/mol. The minimum absolute atomic E-state index is 0.346. The van der Waals surface area contributed by atoms with Crippen molar-refractivity contribution in [1.29, 1.82) is 0 Å². The molecule has 0 heterocycles. The van der Waals surface area contributed by atoms with Gasteiger partial charge < -0.3 is 5.73 Å². The summed E-state index contributed by atoms with van der Waals surface area (Å²) < 4.78 is 0. The lowest BCUT2D eigenvalue weighted by Gasteiger charge is -2.18. The third-order valence-electron chi connectivity index (χ3n) is 3.29. The van der Waals surface area contributed by atoms with Gasteiger partial charge >= 0.3 is 0 Å². The first kappa shape index (κ1) is 7.29. The van der Waals surface area contributed by atoms with Crippen LogP contribution in [0.1, 0.15) is 25.7 Å². The van der Waals surface area contributed by atoms with Crippen LogP contribution in [0.4, 0.5) is 0 Å². The third kappa shape index (κ3) is 1.00. The van der Waals surface area contributed by atoms with E-state index in [2.05, 4.69) is 0 Å². The van der Waals surface area contributed by atoms with E-state index in [1.807, 2.05) is 0 Å². The van der Waals surface area contributed by atoms with Crippen LogP contribution in [-0.2, 0) is 4.79 Å². The molecule has 0 radical (unpaired) electrons. The van der Waals surface area contributed by atoms with Gasteiger partial charge in [0, 0.05) is 11.8 Å². The Morgan fingerprint density at radius 3 is 2.82 bits per heavy atom. The molecule has 0 aromatic heterocycles.